The highest BCUT2D eigenvalue weighted by Gasteiger charge is 2.59. The summed E-state index contributed by atoms with van der Waals surface area (Å²) in [5, 5.41) is 18.0. The van der Waals surface area contributed by atoms with E-state index in [-0.39, 0.29) is 11.1 Å². The van der Waals surface area contributed by atoms with Crippen molar-refractivity contribution >= 4 is 34.0 Å². The summed E-state index contributed by atoms with van der Waals surface area (Å²) in [4.78, 5) is 15.4. The van der Waals surface area contributed by atoms with Gasteiger partial charge in [-0.15, -0.1) is 5.10 Å². The van der Waals surface area contributed by atoms with E-state index in [2.05, 4.69) is 31.3 Å². The van der Waals surface area contributed by atoms with Crippen molar-refractivity contribution in [2.24, 2.45) is 26.8 Å². The first kappa shape index (κ1) is 17.3. The Morgan fingerprint density at radius 2 is 2.19 bits per heavy atom. The van der Waals surface area contributed by atoms with Crippen molar-refractivity contribution in [3.63, 3.8) is 0 Å². The summed E-state index contributed by atoms with van der Waals surface area (Å²) in [7, 11) is 0. The highest BCUT2D eigenvalue weighted by Crippen LogP contribution is 2.64. The second-order valence-electron chi connectivity index (χ2n) is 8.02. The van der Waals surface area contributed by atoms with Crippen molar-refractivity contribution in [1.82, 2.24) is 5.43 Å². The number of amidine groups is 1. The molecular formula is C19H22N4O2S. The third kappa shape index (κ3) is 2.57. The van der Waals surface area contributed by atoms with Crippen molar-refractivity contribution in [3.8, 4) is 0 Å². The molecule has 7 heteroatoms. The van der Waals surface area contributed by atoms with Crippen LogP contribution < -0.4 is 5.43 Å². The van der Waals surface area contributed by atoms with Gasteiger partial charge in [-0.2, -0.15) is 0 Å². The molecule has 2 saturated carbocycles. The van der Waals surface area contributed by atoms with Gasteiger partial charge >= 0.3 is 0 Å². The van der Waals surface area contributed by atoms with Crippen LogP contribution in [-0.2, 0) is 0 Å². The molecule has 1 N–H and O–H groups in total. The largest absolute Gasteiger partial charge is 0.275 e. The number of nitro benzene ring substituents is 1. The monoisotopic (exact) mass is 370 g/mol. The normalized spacial score (nSPS) is 30.7. The molecule has 2 bridgehead atoms. The third-order valence-corrected chi connectivity index (χ3v) is 7.41. The zero-order chi connectivity index (χ0) is 18.5. The standard InChI is InChI=1S/C19H22N4O2S/c1-18(2)13-7-8-19(18,3)16(10-13)20-17-22-21-15(11-26-17)12-5-4-6-14(9-12)23(24)25/h4-6,9,11,13,21H,7-8,10H2,1-3H3/t13-,19-/m0/s1. The maximum atomic E-state index is 10.9. The van der Waals surface area contributed by atoms with Crippen LogP contribution in [0.4, 0.5) is 5.69 Å². The summed E-state index contributed by atoms with van der Waals surface area (Å²) < 4.78 is 0. The van der Waals surface area contributed by atoms with Gasteiger partial charge in [0.15, 0.2) is 0 Å². The molecule has 2 aliphatic carbocycles. The number of fused-ring (bicyclic) bond motifs is 2. The van der Waals surface area contributed by atoms with Crippen molar-refractivity contribution in [1.29, 1.82) is 0 Å². The Balaban J connectivity index is 1.52. The number of hydrogen-bond acceptors (Lipinski definition) is 6. The van der Waals surface area contributed by atoms with Gasteiger partial charge in [-0.1, -0.05) is 44.7 Å². The predicted octanol–water partition coefficient (Wildman–Crippen LogP) is 4.79. The lowest BCUT2D eigenvalue weighted by molar-refractivity contribution is -0.384. The molecule has 1 aromatic rings. The number of benzene rings is 1. The lowest BCUT2D eigenvalue weighted by Crippen LogP contribution is -2.33. The Kier molecular flexibility index (Phi) is 3.95. The van der Waals surface area contributed by atoms with Crippen LogP contribution in [0.25, 0.3) is 5.70 Å². The summed E-state index contributed by atoms with van der Waals surface area (Å²) in [5.41, 5.74) is 6.29. The van der Waals surface area contributed by atoms with Crippen molar-refractivity contribution in [2.75, 3.05) is 0 Å². The van der Waals surface area contributed by atoms with Crippen molar-refractivity contribution < 1.29 is 4.92 Å². The third-order valence-electron chi connectivity index (χ3n) is 6.66. The highest BCUT2D eigenvalue weighted by molar-refractivity contribution is 8.16. The number of hydrogen-bond donors (Lipinski definition) is 1. The summed E-state index contributed by atoms with van der Waals surface area (Å²) in [6, 6.07) is 6.54. The molecule has 0 spiro atoms. The van der Waals surface area contributed by atoms with Crippen LogP contribution in [0.3, 0.4) is 0 Å². The first-order valence-electron chi connectivity index (χ1n) is 8.85. The summed E-state index contributed by atoms with van der Waals surface area (Å²) in [6.07, 6.45) is 3.55. The van der Waals surface area contributed by atoms with E-state index in [9.17, 15) is 10.1 Å². The fraction of sp³-hybridized carbons (Fsp3) is 0.474. The van der Waals surface area contributed by atoms with E-state index in [0.717, 1.165) is 17.7 Å². The molecule has 2 fully saturated rings. The minimum absolute atomic E-state index is 0.0716. The first-order chi connectivity index (χ1) is 12.3. The minimum atomic E-state index is -0.391. The molecule has 26 heavy (non-hydrogen) atoms. The van der Waals surface area contributed by atoms with E-state index in [4.69, 9.17) is 4.99 Å². The molecular weight excluding hydrogens is 348 g/mol. The summed E-state index contributed by atoms with van der Waals surface area (Å²) in [5.74, 6) is 0.712. The molecule has 2 atom stereocenters. The molecule has 0 amide bonds. The molecule has 3 aliphatic rings. The van der Waals surface area contributed by atoms with Crippen LogP contribution in [0.2, 0.25) is 0 Å². The van der Waals surface area contributed by atoms with Gasteiger partial charge in [-0.05, 0) is 30.6 Å². The molecule has 0 unspecified atom stereocenters. The van der Waals surface area contributed by atoms with Crippen LogP contribution >= 0.6 is 11.8 Å². The van der Waals surface area contributed by atoms with Gasteiger partial charge in [-0.25, -0.2) is 4.99 Å². The van der Waals surface area contributed by atoms with E-state index in [1.165, 1.54) is 36.4 Å². The number of nitro groups is 1. The van der Waals surface area contributed by atoms with Crippen LogP contribution in [0, 0.1) is 26.9 Å². The van der Waals surface area contributed by atoms with E-state index in [0.29, 0.717) is 16.5 Å². The summed E-state index contributed by atoms with van der Waals surface area (Å²) in [6.45, 7) is 7.06. The van der Waals surface area contributed by atoms with Gasteiger partial charge in [0.1, 0.15) is 0 Å². The SMILES string of the molecule is CC1(C)[C@H]2CC[C@@]1(C)C(=NC1=NNC(c3cccc([N+](=O)[O-])c3)=CS1)C2. The lowest BCUT2D eigenvalue weighted by atomic mass is 9.70. The molecule has 6 nitrogen and oxygen atoms in total. The van der Waals surface area contributed by atoms with Gasteiger partial charge < -0.3 is 0 Å². The van der Waals surface area contributed by atoms with Gasteiger partial charge in [0, 0.05) is 34.2 Å². The first-order valence-corrected chi connectivity index (χ1v) is 9.72. The molecule has 1 aliphatic heterocycles. The van der Waals surface area contributed by atoms with Gasteiger partial charge in [-0.3, -0.25) is 15.5 Å². The Labute approximate surface area is 157 Å². The zero-order valence-corrected chi connectivity index (χ0v) is 16.0. The van der Waals surface area contributed by atoms with Crippen LogP contribution in [-0.4, -0.2) is 15.8 Å². The van der Waals surface area contributed by atoms with Gasteiger partial charge in [0.25, 0.3) is 5.69 Å². The fourth-order valence-corrected chi connectivity index (χ4v) is 5.13. The average molecular weight is 370 g/mol. The number of hydrazone groups is 1. The molecule has 0 saturated heterocycles. The smallest absolute Gasteiger partial charge is 0.270 e. The number of aliphatic imine (C=N–C) groups is 1. The molecule has 0 aromatic heterocycles. The second kappa shape index (κ2) is 5.94. The minimum Gasteiger partial charge on any atom is -0.275 e. The van der Waals surface area contributed by atoms with Crippen LogP contribution in [0.5, 0.6) is 0 Å². The highest BCUT2D eigenvalue weighted by atomic mass is 32.2. The topological polar surface area (TPSA) is 79.9 Å². The maximum Gasteiger partial charge on any atom is 0.270 e. The second-order valence-corrected chi connectivity index (χ2v) is 8.85. The number of nitrogens with zero attached hydrogens (tertiary/aromatic N) is 3. The molecule has 1 aromatic carbocycles. The zero-order valence-electron chi connectivity index (χ0n) is 15.2. The predicted molar refractivity (Wildman–Crippen MR) is 106 cm³/mol. The van der Waals surface area contributed by atoms with E-state index in [1.807, 2.05) is 11.5 Å². The quantitative estimate of drug-likeness (QED) is 0.600. The molecule has 4 rings (SSSR count). The fourth-order valence-electron chi connectivity index (χ4n) is 4.46. The van der Waals surface area contributed by atoms with E-state index < -0.39 is 4.92 Å². The van der Waals surface area contributed by atoms with Gasteiger partial charge in [0.05, 0.1) is 10.6 Å². The number of non-ortho nitro benzene ring substituents is 1. The Hall–Kier alpha value is -2.15. The van der Waals surface area contributed by atoms with Gasteiger partial charge in [0.2, 0.25) is 5.17 Å². The molecule has 136 valence electrons. The Bertz CT molecular complexity index is 874. The number of nitrogens with one attached hydrogen (secondary N) is 1. The summed E-state index contributed by atoms with van der Waals surface area (Å²) >= 11 is 1.46. The molecule has 1 heterocycles. The number of rotatable bonds is 2. The Morgan fingerprint density at radius 1 is 1.38 bits per heavy atom. The molecule has 0 radical (unpaired) electrons. The average Bonchev–Trinajstić information content (AvgIpc) is 2.96. The number of thioether (sulfide) groups is 1. The van der Waals surface area contributed by atoms with E-state index in [1.54, 1.807) is 12.1 Å². The maximum absolute atomic E-state index is 10.9. The van der Waals surface area contributed by atoms with E-state index >= 15 is 0 Å². The van der Waals surface area contributed by atoms with Crippen LogP contribution in [0.15, 0.2) is 39.8 Å². The lowest BCUT2D eigenvalue weighted by Gasteiger charge is -2.34. The Morgan fingerprint density at radius 3 is 2.77 bits per heavy atom. The van der Waals surface area contributed by atoms with Crippen molar-refractivity contribution in [3.05, 3.63) is 45.4 Å². The van der Waals surface area contributed by atoms with Crippen LogP contribution in [0.1, 0.15) is 45.6 Å². The van der Waals surface area contributed by atoms with Crippen molar-refractivity contribution in [2.45, 2.75) is 40.0 Å².